The van der Waals surface area contributed by atoms with Gasteiger partial charge in [-0.25, -0.2) is 4.79 Å². The molecule has 0 radical (unpaired) electrons. The molecule has 2 aliphatic heterocycles. The van der Waals surface area contributed by atoms with Crippen LogP contribution >= 0.6 is 0 Å². The number of hydrogen-bond donors (Lipinski definition) is 1. The monoisotopic (exact) mass is 407 g/mol. The predicted octanol–water partition coefficient (Wildman–Crippen LogP) is 3.52. The van der Waals surface area contributed by atoms with E-state index in [1.807, 2.05) is 11.9 Å². The van der Waals surface area contributed by atoms with Gasteiger partial charge in [0.2, 0.25) is 0 Å². The largest absolute Gasteiger partial charge is 0.462 e. The maximum atomic E-state index is 12.9. The maximum Gasteiger partial charge on any atom is 0.338 e. The third-order valence-corrected chi connectivity index (χ3v) is 5.70. The summed E-state index contributed by atoms with van der Waals surface area (Å²) in [7, 11) is 1.98. The summed E-state index contributed by atoms with van der Waals surface area (Å²) in [5.41, 5.74) is 2.90. The molecule has 1 atom stereocenters. The molecule has 1 saturated heterocycles. The molecule has 0 spiro atoms. The number of carbonyl (C=O) groups excluding carboxylic acids is 3. The van der Waals surface area contributed by atoms with E-state index < -0.39 is 5.97 Å². The zero-order chi connectivity index (χ0) is 21.3. The first kappa shape index (κ1) is 19.9. The Bertz CT molecular complexity index is 986. The Morgan fingerprint density at radius 2 is 1.83 bits per heavy atom. The summed E-state index contributed by atoms with van der Waals surface area (Å²) in [6, 6.07) is 11.8. The molecule has 2 aliphatic rings. The van der Waals surface area contributed by atoms with E-state index in [1.54, 1.807) is 49.4 Å². The minimum absolute atomic E-state index is 0.0364. The molecule has 2 amide bonds. The Morgan fingerprint density at radius 1 is 1.10 bits per heavy atom. The van der Waals surface area contributed by atoms with Crippen molar-refractivity contribution in [1.29, 1.82) is 0 Å². The zero-order valence-corrected chi connectivity index (χ0v) is 17.2. The number of rotatable bonds is 4. The minimum Gasteiger partial charge on any atom is -0.462 e. The van der Waals surface area contributed by atoms with Crippen molar-refractivity contribution in [2.45, 2.75) is 32.4 Å². The summed E-state index contributed by atoms with van der Waals surface area (Å²) >= 11 is 0. The molecule has 156 valence electrons. The number of piperidine rings is 1. The Kier molecular flexibility index (Phi) is 5.44. The third-order valence-electron chi connectivity index (χ3n) is 5.70. The molecule has 2 heterocycles. The summed E-state index contributed by atoms with van der Waals surface area (Å²) in [5, 5.41) is 2.84. The van der Waals surface area contributed by atoms with Crippen LogP contribution in [-0.2, 0) is 4.74 Å². The van der Waals surface area contributed by atoms with Crippen molar-refractivity contribution in [1.82, 2.24) is 4.90 Å². The second-order valence-corrected chi connectivity index (χ2v) is 7.57. The highest BCUT2D eigenvalue weighted by Gasteiger charge is 2.37. The molecule has 7 nitrogen and oxygen atoms in total. The Hall–Kier alpha value is -3.35. The van der Waals surface area contributed by atoms with Crippen molar-refractivity contribution in [2.75, 3.05) is 30.4 Å². The van der Waals surface area contributed by atoms with Crippen molar-refractivity contribution in [3.63, 3.8) is 0 Å². The first-order chi connectivity index (χ1) is 14.5. The van der Waals surface area contributed by atoms with E-state index in [4.69, 9.17) is 4.74 Å². The smallest absolute Gasteiger partial charge is 0.338 e. The fourth-order valence-electron chi connectivity index (χ4n) is 4.12. The Morgan fingerprint density at radius 3 is 2.57 bits per heavy atom. The molecule has 0 aromatic heterocycles. The standard InChI is InChI=1S/C23H25N3O4/c1-3-30-23(29)15-7-10-17(11-8-15)24-21(27)16-9-12-18-19(14-16)25(2)20-6-4-5-13-26(20)22(18)28/h7-12,14,20H,3-6,13H2,1-2H3,(H,24,27). The quantitative estimate of drug-likeness (QED) is 0.785. The molecule has 4 rings (SSSR count). The third kappa shape index (κ3) is 3.63. The van der Waals surface area contributed by atoms with E-state index in [0.717, 1.165) is 31.5 Å². The van der Waals surface area contributed by atoms with Crippen LogP contribution in [0.2, 0.25) is 0 Å². The zero-order valence-electron chi connectivity index (χ0n) is 17.2. The van der Waals surface area contributed by atoms with E-state index in [9.17, 15) is 14.4 Å². The number of benzene rings is 2. The van der Waals surface area contributed by atoms with Gasteiger partial charge in [0.25, 0.3) is 11.8 Å². The fourth-order valence-corrected chi connectivity index (χ4v) is 4.12. The van der Waals surface area contributed by atoms with Crippen molar-refractivity contribution in [3.8, 4) is 0 Å². The summed E-state index contributed by atoms with van der Waals surface area (Å²) in [6.07, 6.45) is 3.11. The molecule has 0 saturated carbocycles. The maximum absolute atomic E-state index is 12.9. The predicted molar refractivity (Wildman–Crippen MR) is 114 cm³/mol. The van der Waals surface area contributed by atoms with Crippen LogP contribution in [0.4, 0.5) is 11.4 Å². The number of esters is 1. The van der Waals surface area contributed by atoms with Crippen LogP contribution in [0.3, 0.4) is 0 Å². The fraction of sp³-hybridized carbons (Fsp3) is 0.348. The van der Waals surface area contributed by atoms with Crippen molar-refractivity contribution in [2.24, 2.45) is 0 Å². The second-order valence-electron chi connectivity index (χ2n) is 7.57. The highest BCUT2D eigenvalue weighted by molar-refractivity contribution is 6.08. The van der Waals surface area contributed by atoms with Crippen molar-refractivity contribution >= 4 is 29.2 Å². The number of fused-ring (bicyclic) bond motifs is 2. The Balaban J connectivity index is 1.53. The average molecular weight is 407 g/mol. The minimum atomic E-state index is -0.394. The van der Waals surface area contributed by atoms with Crippen LogP contribution in [-0.4, -0.2) is 49.0 Å². The first-order valence-electron chi connectivity index (χ1n) is 10.3. The summed E-state index contributed by atoms with van der Waals surface area (Å²) in [4.78, 5) is 41.4. The van der Waals surface area contributed by atoms with Crippen LogP contribution in [0, 0.1) is 0 Å². The highest BCUT2D eigenvalue weighted by Crippen LogP contribution is 2.34. The van der Waals surface area contributed by atoms with Crippen LogP contribution < -0.4 is 10.2 Å². The van der Waals surface area contributed by atoms with Gasteiger partial charge < -0.3 is 19.9 Å². The normalized spacial score (nSPS) is 17.8. The van der Waals surface area contributed by atoms with Gasteiger partial charge in [-0.15, -0.1) is 0 Å². The number of amides is 2. The highest BCUT2D eigenvalue weighted by atomic mass is 16.5. The topological polar surface area (TPSA) is 79.0 Å². The SMILES string of the molecule is CCOC(=O)c1ccc(NC(=O)c2ccc3c(c2)N(C)C2CCCCN2C3=O)cc1. The molecular formula is C23H25N3O4. The lowest BCUT2D eigenvalue weighted by Crippen LogP contribution is -2.55. The number of nitrogens with one attached hydrogen (secondary N) is 1. The van der Waals surface area contributed by atoms with Gasteiger partial charge >= 0.3 is 5.97 Å². The number of hydrogen-bond acceptors (Lipinski definition) is 5. The van der Waals surface area contributed by atoms with Crippen molar-refractivity contribution in [3.05, 3.63) is 59.2 Å². The first-order valence-corrected chi connectivity index (χ1v) is 10.3. The summed E-state index contributed by atoms with van der Waals surface area (Å²) in [6.45, 7) is 2.84. The molecule has 1 N–H and O–H groups in total. The van der Waals surface area contributed by atoms with Gasteiger partial charge in [-0.05, 0) is 68.7 Å². The van der Waals surface area contributed by atoms with Gasteiger partial charge in [-0.3, -0.25) is 9.59 Å². The number of carbonyl (C=O) groups is 3. The van der Waals surface area contributed by atoms with E-state index in [0.29, 0.717) is 29.0 Å². The molecule has 2 aromatic rings. The number of nitrogens with zero attached hydrogens (tertiary/aromatic N) is 2. The molecule has 30 heavy (non-hydrogen) atoms. The van der Waals surface area contributed by atoms with E-state index in [1.165, 1.54) is 0 Å². The van der Waals surface area contributed by atoms with Gasteiger partial charge in [-0.1, -0.05) is 0 Å². The van der Waals surface area contributed by atoms with Crippen LogP contribution in [0.15, 0.2) is 42.5 Å². The molecule has 2 aromatic carbocycles. The average Bonchev–Trinajstić information content (AvgIpc) is 2.77. The van der Waals surface area contributed by atoms with E-state index in [2.05, 4.69) is 10.2 Å². The van der Waals surface area contributed by atoms with Gasteiger partial charge in [0.15, 0.2) is 0 Å². The van der Waals surface area contributed by atoms with Crippen LogP contribution in [0.25, 0.3) is 0 Å². The molecule has 0 aliphatic carbocycles. The Labute approximate surface area is 175 Å². The van der Waals surface area contributed by atoms with Gasteiger partial charge in [0.1, 0.15) is 6.17 Å². The van der Waals surface area contributed by atoms with Gasteiger partial charge in [0.05, 0.1) is 23.4 Å². The number of ether oxygens (including phenoxy) is 1. The van der Waals surface area contributed by atoms with Crippen LogP contribution in [0.5, 0.6) is 0 Å². The van der Waals surface area contributed by atoms with Crippen LogP contribution in [0.1, 0.15) is 57.3 Å². The summed E-state index contributed by atoms with van der Waals surface area (Å²) in [5.74, 6) is -0.627. The van der Waals surface area contributed by atoms with E-state index in [-0.39, 0.29) is 18.0 Å². The van der Waals surface area contributed by atoms with Gasteiger partial charge in [-0.2, -0.15) is 0 Å². The van der Waals surface area contributed by atoms with Crippen molar-refractivity contribution < 1.29 is 19.1 Å². The molecular weight excluding hydrogens is 382 g/mol. The molecule has 1 fully saturated rings. The molecule has 0 bridgehead atoms. The lowest BCUT2D eigenvalue weighted by Gasteiger charge is -2.46. The van der Waals surface area contributed by atoms with E-state index >= 15 is 0 Å². The molecule has 1 unspecified atom stereocenters. The molecule has 7 heteroatoms. The second kappa shape index (κ2) is 8.18. The summed E-state index contributed by atoms with van der Waals surface area (Å²) < 4.78 is 4.97. The lowest BCUT2D eigenvalue weighted by molar-refractivity contribution is 0.0525. The van der Waals surface area contributed by atoms with Gasteiger partial charge in [0, 0.05) is 24.8 Å². The number of anilines is 2. The lowest BCUT2D eigenvalue weighted by atomic mass is 9.97.